The number of hydrogen-bond acceptors (Lipinski definition) is 6. The Morgan fingerprint density at radius 2 is 1.82 bits per heavy atom. The molecule has 0 unspecified atom stereocenters. The number of hydrogen-bond donors (Lipinski definition) is 2. The van der Waals surface area contributed by atoms with Crippen molar-refractivity contribution >= 4 is 31.8 Å². The summed E-state index contributed by atoms with van der Waals surface area (Å²) in [7, 11) is -3.20. The fraction of sp³-hybridized carbons (Fsp3) is 0.143. The minimum atomic E-state index is -3.20. The highest BCUT2D eigenvalue weighted by Gasteiger charge is 2.22. The van der Waals surface area contributed by atoms with E-state index in [-0.39, 0.29) is 28.9 Å². The maximum absolute atomic E-state index is 15.9. The van der Waals surface area contributed by atoms with E-state index in [0.717, 1.165) is 11.8 Å². The first-order valence-corrected chi connectivity index (χ1v) is 14.1. The molecule has 0 radical (unpaired) electrons. The van der Waals surface area contributed by atoms with Gasteiger partial charge in [0.25, 0.3) is 0 Å². The van der Waals surface area contributed by atoms with E-state index < -0.39 is 21.5 Å². The molecule has 8 nitrogen and oxygen atoms in total. The summed E-state index contributed by atoms with van der Waals surface area (Å²) in [6.07, 6.45) is 6.07. The fourth-order valence-electron chi connectivity index (χ4n) is 4.68. The van der Waals surface area contributed by atoms with Crippen LogP contribution in [0.15, 0.2) is 61.1 Å². The SMILES string of the molecule is Cc1ccncc1-c1ncc2[nH]nc(-c3nc4c(-c5cc(F)cc(CCS(C)(=O)=O)c5)cccc4[nH]3)c2c1F. The van der Waals surface area contributed by atoms with Crippen molar-refractivity contribution in [3.63, 3.8) is 0 Å². The molecule has 196 valence electrons. The number of nitrogens with zero attached hydrogens (tertiary/aromatic N) is 4. The Kier molecular flexibility index (Phi) is 5.95. The van der Waals surface area contributed by atoms with Gasteiger partial charge in [0, 0.05) is 29.8 Å². The normalized spacial score (nSPS) is 12.0. The van der Waals surface area contributed by atoms with Crippen LogP contribution in [0.3, 0.4) is 0 Å². The number of benzene rings is 2. The predicted molar refractivity (Wildman–Crippen MR) is 146 cm³/mol. The molecule has 4 aromatic heterocycles. The van der Waals surface area contributed by atoms with Gasteiger partial charge in [-0.1, -0.05) is 18.2 Å². The first kappa shape index (κ1) is 24.8. The van der Waals surface area contributed by atoms with Crippen LogP contribution in [-0.4, -0.2) is 50.6 Å². The zero-order chi connectivity index (χ0) is 27.3. The Morgan fingerprint density at radius 1 is 0.974 bits per heavy atom. The van der Waals surface area contributed by atoms with Crippen molar-refractivity contribution in [1.82, 2.24) is 30.1 Å². The molecule has 6 aromatic rings. The third kappa shape index (κ3) is 4.65. The number of halogens is 2. The first-order valence-electron chi connectivity index (χ1n) is 12.1. The molecule has 0 fully saturated rings. The van der Waals surface area contributed by atoms with E-state index in [0.29, 0.717) is 44.6 Å². The molecule has 0 amide bonds. The Balaban J connectivity index is 1.47. The molecule has 6 rings (SSSR count). The van der Waals surface area contributed by atoms with Crippen LogP contribution in [0.5, 0.6) is 0 Å². The second kappa shape index (κ2) is 9.35. The second-order valence-electron chi connectivity index (χ2n) is 9.49. The lowest BCUT2D eigenvalue weighted by Crippen LogP contribution is -2.06. The van der Waals surface area contributed by atoms with Gasteiger partial charge in [-0.15, -0.1) is 0 Å². The highest BCUT2D eigenvalue weighted by atomic mass is 32.2. The van der Waals surface area contributed by atoms with Gasteiger partial charge in [-0.05, 0) is 54.3 Å². The van der Waals surface area contributed by atoms with Gasteiger partial charge >= 0.3 is 0 Å². The smallest absolute Gasteiger partial charge is 0.161 e. The Bertz CT molecular complexity index is 2000. The van der Waals surface area contributed by atoms with Gasteiger partial charge in [0.1, 0.15) is 27.0 Å². The number of para-hydroxylation sites is 1. The molecule has 0 bridgehead atoms. The lowest BCUT2D eigenvalue weighted by Gasteiger charge is -2.07. The minimum Gasteiger partial charge on any atom is -0.337 e. The average Bonchev–Trinajstić information content (AvgIpc) is 3.52. The van der Waals surface area contributed by atoms with Crippen molar-refractivity contribution in [2.45, 2.75) is 13.3 Å². The van der Waals surface area contributed by atoms with Gasteiger partial charge in [-0.3, -0.25) is 15.1 Å². The van der Waals surface area contributed by atoms with Gasteiger partial charge in [0.2, 0.25) is 0 Å². The third-order valence-corrected chi connectivity index (χ3v) is 7.55. The Hall–Kier alpha value is -4.51. The van der Waals surface area contributed by atoms with Crippen molar-refractivity contribution < 1.29 is 17.2 Å². The van der Waals surface area contributed by atoms with Crippen LogP contribution >= 0.6 is 0 Å². The molecule has 2 aromatic carbocycles. The van der Waals surface area contributed by atoms with E-state index in [2.05, 4.69) is 25.1 Å². The van der Waals surface area contributed by atoms with Gasteiger partial charge in [0.15, 0.2) is 11.6 Å². The molecule has 0 spiro atoms. The number of pyridine rings is 2. The predicted octanol–water partition coefficient (Wildman–Crippen LogP) is 5.40. The molecular weight excluding hydrogens is 522 g/mol. The van der Waals surface area contributed by atoms with Crippen LogP contribution in [0, 0.1) is 18.6 Å². The van der Waals surface area contributed by atoms with Crippen molar-refractivity contribution in [1.29, 1.82) is 0 Å². The number of aryl methyl sites for hydroxylation is 2. The number of aromatic amines is 2. The van der Waals surface area contributed by atoms with E-state index in [9.17, 15) is 12.8 Å². The number of aromatic nitrogens is 6. The fourth-order valence-corrected chi connectivity index (χ4v) is 5.28. The van der Waals surface area contributed by atoms with Crippen molar-refractivity contribution in [2.75, 3.05) is 12.0 Å². The molecule has 0 aliphatic carbocycles. The van der Waals surface area contributed by atoms with E-state index in [1.54, 1.807) is 36.7 Å². The second-order valence-corrected chi connectivity index (χ2v) is 11.7. The first-order chi connectivity index (χ1) is 18.7. The molecule has 0 saturated carbocycles. The summed E-state index contributed by atoms with van der Waals surface area (Å²) < 4.78 is 53.7. The van der Waals surface area contributed by atoms with Crippen molar-refractivity contribution in [3.8, 4) is 33.9 Å². The molecule has 2 N–H and O–H groups in total. The minimum absolute atomic E-state index is 0.0835. The standard InChI is InChI=1S/C28H22F2N6O2S/c1-15-6-8-31-13-20(15)26-24(30)23-22(14-32-26)35-36-27(23)28-33-21-5-3-4-19(25(21)34-28)17-10-16(11-18(29)12-17)7-9-39(2,37)38/h3-6,8,10-14H,7,9H2,1-2H3,(H,33,34)(H,35,36). The number of H-pyrrole nitrogens is 2. The molecule has 0 saturated heterocycles. The summed E-state index contributed by atoms with van der Waals surface area (Å²) in [6.45, 7) is 1.86. The quantitative estimate of drug-likeness (QED) is 0.290. The van der Waals surface area contributed by atoms with E-state index in [1.807, 2.05) is 13.0 Å². The van der Waals surface area contributed by atoms with Crippen molar-refractivity contribution in [2.24, 2.45) is 0 Å². The van der Waals surface area contributed by atoms with Crippen LogP contribution in [0.25, 0.3) is 55.8 Å². The van der Waals surface area contributed by atoms with E-state index in [4.69, 9.17) is 4.98 Å². The maximum atomic E-state index is 15.9. The lowest BCUT2D eigenvalue weighted by molar-refractivity contribution is 0.600. The van der Waals surface area contributed by atoms with E-state index >= 15 is 4.39 Å². The van der Waals surface area contributed by atoms with Gasteiger partial charge in [0.05, 0.1) is 33.9 Å². The number of imidazole rings is 1. The molecule has 11 heteroatoms. The summed E-state index contributed by atoms with van der Waals surface area (Å²) in [5, 5.41) is 7.39. The maximum Gasteiger partial charge on any atom is 0.161 e. The third-order valence-electron chi connectivity index (χ3n) is 6.61. The highest BCUT2D eigenvalue weighted by molar-refractivity contribution is 7.90. The van der Waals surface area contributed by atoms with Gasteiger partial charge in [-0.25, -0.2) is 22.2 Å². The number of fused-ring (bicyclic) bond motifs is 2. The Morgan fingerprint density at radius 3 is 2.62 bits per heavy atom. The topological polar surface area (TPSA) is 117 Å². The van der Waals surface area contributed by atoms with Crippen molar-refractivity contribution in [3.05, 3.63) is 83.8 Å². The highest BCUT2D eigenvalue weighted by Crippen LogP contribution is 2.35. The monoisotopic (exact) mass is 544 g/mol. The number of sulfone groups is 1. The molecule has 0 aliphatic heterocycles. The Labute approximate surface area is 222 Å². The zero-order valence-electron chi connectivity index (χ0n) is 21.0. The zero-order valence-corrected chi connectivity index (χ0v) is 21.8. The summed E-state index contributed by atoms with van der Waals surface area (Å²) in [5.74, 6) is -0.778. The van der Waals surface area contributed by atoms with Crippen LogP contribution < -0.4 is 0 Å². The summed E-state index contributed by atoms with van der Waals surface area (Å²) in [4.78, 5) is 16.3. The average molecular weight is 545 g/mol. The number of nitrogens with one attached hydrogen (secondary N) is 2. The van der Waals surface area contributed by atoms with Crippen LogP contribution in [0.1, 0.15) is 11.1 Å². The molecule has 0 aliphatic rings. The van der Waals surface area contributed by atoms with Gasteiger partial charge < -0.3 is 4.98 Å². The van der Waals surface area contributed by atoms with Crippen LogP contribution in [0.4, 0.5) is 8.78 Å². The molecule has 4 heterocycles. The molecule has 39 heavy (non-hydrogen) atoms. The summed E-state index contributed by atoms with van der Waals surface area (Å²) >= 11 is 0. The van der Waals surface area contributed by atoms with Crippen LogP contribution in [0.2, 0.25) is 0 Å². The number of rotatable bonds is 6. The lowest BCUT2D eigenvalue weighted by atomic mass is 10.0. The largest absolute Gasteiger partial charge is 0.337 e. The molecular formula is C28H22F2N6O2S. The van der Waals surface area contributed by atoms with Gasteiger partial charge in [-0.2, -0.15) is 5.10 Å². The van der Waals surface area contributed by atoms with E-state index in [1.165, 1.54) is 18.3 Å². The summed E-state index contributed by atoms with van der Waals surface area (Å²) in [5.41, 5.74) is 5.22. The van der Waals surface area contributed by atoms with Crippen LogP contribution in [-0.2, 0) is 16.3 Å². The summed E-state index contributed by atoms with van der Waals surface area (Å²) in [6, 6.07) is 11.7. The molecule has 0 atom stereocenters.